The molecular weight excluding hydrogens is 633 g/mol. The molecule has 0 bridgehead atoms. The molecule has 0 aliphatic rings. The van der Waals surface area contributed by atoms with Gasteiger partial charge in [0.2, 0.25) is 0 Å². The number of rotatable bonds is 4. The van der Waals surface area contributed by atoms with Gasteiger partial charge in [-0.05, 0) is 70.8 Å². The van der Waals surface area contributed by atoms with Crippen molar-refractivity contribution in [2.45, 2.75) is 0 Å². The standard InChI is InChI=1S/C45H26N2O2S/c1-2-11-29(12-3-1)47(30-19-21-34-39(25-30)49-38-23-17-27-9-4-6-13-32(27)42(34)38)31-20-22-35-40(26-31)48-37-16-8-15-36(43(35)37)45-46-44-33-14-7-5-10-28(33)18-24-41(44)50-45/h1-26H. The van der Waals surface area contributed by atoms with Gasteiger partial charge >= 0.3 is 0 Å². The van der Waals surface area contributed by atoms with Gasteiger partial charge in [-0.2, -0.15) is 0 Å². The highest BCUT2D eigenvalue weighted by Gasteiger charge is 2.20. The van der Waals surface area contributed by atoms with Gasteiger partial charge in [0.25, 0.3) is 0 Å². The number of anilines is 3. The fourth-order valence-corrected chi connectivity index (χ4v) is 8.62. The van der Waals surface area contributed by atoms with Crippen LogP contribution >= 0.6 is 11.3 Å². The summed E-state index contributed by atoms with van der Waals surface area (Å²) in [7, 11) is 0. The summed E-state index contributed by atoms with van der Waals surface area (Å²) < 4.78 is 14.3. The Morgan fingerprint density at radius 3 is 1.86 bits per heavy atom. The third-order valence-corrected chi connectivity index (χ3v) is 10.9. The SMILES string of the molecule is c1ccc(N(c2ccc3c(c2)oc2cccc(-c4nc5c(ccc6ccccc65)s4)c23)c2ccc3c(c2)oc2ccc4ccccc4c23)cc1. The first-order chi connectivity index (χ1) is 24.8. The van der Waals surface area contributed by atoms with Crippen LogP contribution in [0.2, 0.25) is 0 Å². The second-order valence-electron chi connectivity index (χ2n) is 12.7. The van der Waals surface area contributed by atoms with Crippen molar-refractivity contribution in [3.05, 3.63) is 158 Å². The van der Waals surface area contributed by atoms with E-state index in [1.165, 1.54) is 26.2 Å². The summed E-state index contributed by atoms with van der Waals surface area (Å²) in [6.07, 6.45) is 0. The Morgan fingerprint density at radius 2 is 1.08 bits per heavy atom. The Labute approximate surface area is 290 Å². The summed E-state index contributed by atoms with van der Waals surface area (Å²) in [6.45, 7) is 0. The van der Waals surface area contributed by atoms with E-state index >= 15 is 0 Å². The van der Waals surface area contributed by atoms with Crippen LogP contribution in [-0.4, -0.2) is 4.98 Å². The van der Waals surface area contributed by atoms with E-state index in [0.29, 0.717) is 0 Å². The molecule has 0 aliphatic heterocycles. The molecule has 50 heavy (non-hydrogen) atoms. The van der Waals surface area contributed by atoms with Gasteiger partial charge in [0.15, 0.2) is 0 Å². The van der Waals surface area contributed by atoms with Gasteiger partial charge in [-0.1, -0.05) is 91.0 Å². The van der Waals surface area contributed by atoms with Crippen molar-refractivity contribution in [3.8, 4) is 10.6 Å². The van der Waals surface area contributed by atoms with Crippen molar-refractivity contribution in [2.24, 2.45) is 0 Å². The number of aromatic nitrogens is 1. The van der Waals surface area contributed by atoms with Crippen molar-refractivity contribution in [2.75, 3.05) is 4.90 Å². The fourth-order valence-electron chi connectivity index (χ4n) is 7.61. The summed E-state index contributed by atoms with van der Waals surface area (Å²) in [6, 6.07) is 55.3. The minimum absolute atomic E-state index is 0.828. The van der Waals surface area contributed by atoms with Crippen LogP contribution in [0.4, 0.5) is 17.1 Å². The van der Waals surface area contributed by atoms with E-state index in [1.54, 1.807) is 11.3 Å². The fraction of sp³-hybridized carbons (Fsp3) is 0. The van der Waals surface area contributed by atoms with Crippen molar-refractivity contribution >= 4 is 104 Å². The molecule has 4 nitrogen and oxygen atoms in total. The Kier molecular flexibility index (Phi) is 5.80. The van der Waals surface area contributed by atoms with Gasteiger partial charge in [-0.3, -0.25) is 0 Å². The van der Waals surface area contributed by atoms with Crippen LogP contribution in [0.25, 0.3) is 86.2 Å². The lowest BCUT2D eigenvalue weighted by molar-refractivity contribution is 0.669. The molecule has 5 heteroatoms. The Hall–Kier alpha value is -6.43. The van der Waals surface area contributed by atoms with E-state index in [9.17, 15) is 0 Å². The summed E-state index contributed by atoms with van der Waals surface area (Å²) in [5.41, 5.74) is 8.60. The number of thiazole rings is 1. The number of para-hydroxylation sites is 1. The monoisotopic (exact) mass is 658 g/mol. The zero-order chi connectivity index (χ0) is 32.8. The molecule has 0 saturated carbocycles. The largest absolute Gasteiger partial charge is 0.456 e. The number of furan rings is 2. The van der Waals surface area contributed by atoms with Gasteiger partial charge < -0.3 is 13.7 Å². The molecule has 0 aliphatic carbocycles. The number of hydrogen-bond acceptors (Lipinski definition) is 5. The van der Waals surface area contributed by atoms with Crippen LogP contribution < -0.4 is 4.90 Å². The van der Waals surface area contributed by atoms with Gasteiger partial charge in [-0.15, -0.1) is 11.3 Å². The molecule has 0 fully saturated rings. The molecule has 234 valence electrons. The first-order valence-electron chi connectivity index (χ1n) is 16.7. The second-order valence-corrected chi connectivity index (χ2v) is 13.8. The maximum atomic E-state index is 6.60. The molecule has 11 rings (SSSR count). The van der Waals surface area contributed by atoms with E-state index in [0.717, 1.165) is 77.0 Å². The first-order valence-corrected chi connectivity index (χ1v) is 17.5. The Balaban J connectivity index is 1.07. The quantitative estimate of drug-likeness (QED) is 0.189. The van der Waals surface area contributed by atoms with Gasteiger partial charge in [0.1, 0.15) is 27.3 Å². The molecule has 0 unspecified atom stereocenters. The number of nitrogens with zero attached hydrogens (tertiary/aromatic N) is 2. The third kappa shape index (κ3) is 4.08. The molecule has 11 aromatic rings. The maximum Gasteiger partial charge on any atom is 0.137 e. The average Bonchev–Trinajstić information content (AvgIpc) is 3.88. The number of fused-ring (bicyclic) bond motifs is 11. The van der Waals surface area contributed by atoms with Gasteiger partial charge in [0.05, 0.1) is 10.2 Å². The molecule has 0 spiro atoms. The van der Waals surface area contributed by atoms with E-state index in [-0.39, 0.29) is 0 Å². The molecular formula is C45H26N2O2S. The van der Waals surface area contributed by atoms with Crippen molar-refractivity contribution in [3.63, 3.8) is 0 Å². The third-order valence-electron chi connectivity index (χ3n) is 9.87. The van der Waals surface area contributed by atoms with Crippen LogP contribution in [0.1, 0.15) is 0 Å². The zero-order valence-corrected chi connectivity index (χ0v) is 27.4. The predicted octanol–water partition coefficient (Wildman–Crippen LogP) is 13.5. The number of hydrogen-bond donors (Lipinski definition) is 0. The lowest BCUT2D eigenvalue weighted by Gasteiger charge is -2.25. The van der Waals surface area contributed by atoms with E-state index in [4.69, 9.17) is 13.8 Å². The van der Waals surface area contributed by atoms with Crippen molar-refractivity contribution in [1.29, 1.82) is 0 Å². The highest BCUT2D eigenvalue weighted by Crippen LogP contribution is 2.44. The average molecular weight is 659 g/mol. The second kappa shape index (κ2) is 10.5. The highest BCUT2D eigenvalue weighted by molar-refractivity contribution is 7.21. The molecule has 0 atom stereocenters. The summed E-state index contributed by atoms with van der Waals surface area (Å²) in [4.78, 5) is 7.45. The van der Waals surface area contributed by atoms with Gasteiger partial charge in [-0.25, -0.2) is 4.98 Å². The topological polar surface area (TPSA) is 42.4 Å². The van der Waals surface area contributed by atoms with Crippen LogP contribution in [0.3, 0.4) is 0 Å². The van der Waals surface area contributed by atoms with Crippen molar-refractivity contribution in [1.82, 2.24) is 4.98 Å². The molecule has 0 radical (unpaired) electrons. The molecule has 0 amide bonds. The van der Waals surface area contributed by atoms with Crippen LogP contribution in [0.15, 0.2) is 167 Å². The molecule has 0 N–H and O–H groups in total. The predicted molar refractivity (Wildman–Crippen MR) is 209 cm³/mol. The smallest absolute Gasteiger partial charge is 0.137 e. The van der Waals surface area contributed by atoms with Gasteiger partial charge in [0, 0.05) is 61.7 Å². The summed E-state index contributed by atoms with van der Waals surface area (Å²) >= 11 is 1.73. The minimum atomic E-state index is 0.828. The van der Waals surface area contributed by atoms with Crippen LogP contribution in [0.5, 0.6) is 0 Å². The lowest BCUT2D eigenvalue weighted by atomic mass is 10.0. The number of benzene rings is 8. The Morgan fingerprint density at radius 1 is 0.440 bits per heavy atom. The van der Waals surface area contributed by atoms with Crippen LogP contribution in [0, 0.1) is 0 Å². The zero-order valence-electron chi connectivity index (χ0n) is 26.6. The molecule has 8 aromatic carbocycles. The van der Waals surface area contributed by atoms with E-state index in [2.05, 4.69) is 157 Å². The van der Waals surface area contributed by atoms with Crippen molar-refractivity contribution < 1.29 is 8.83 Å². The summed E-state index contributed by atoms with van der Waals surface area (Å²) in [5.74, 6) is 0. The maximum absolute atomic E-state index is 6.60. The van der Waals surface area contributed by atoms with Crippen LogP contribution in [-0.2, 0) is 0 Å². The Bertz CT molecular complexity index is 3120. The molecule has 3 aromatic heterocycles. The highest BCUT2D eigenvalue weighted by atomic mass is 32.1. The first kappa shape index (κ1) is 27.5. The lowest BCUT2D eigenvalue weighted by Crippen LogP contribution is -2.09. The van der Waals surface area contributed by atoms with E-state index in [1.807, 2.05) is 6.07 Å². The summed E-state index contributed by atoms with van der Waals surface area (Å²) in [5, 5.41) is 10.2. The normalized spacial score (nSPS) is 12.0. The molecule has 0 saturated heterocycles. The van der Waals surface area contributed by atoms with E-state index < -0.39 is 0 Å². The minimum Gasteiger partial charge on any atom is -0.456 e. The molecule has 3 heterocycles.